The van der Waals surface area contributed by atoms with Crippen LogP contribution in [0.15, 0.2) is 0 Å². The molecule has 0 aliphatic carbocycles. The third kappa shape index (κ3) is 14.0. The lowest BCUT2D eigenvalue weighted by Gasteiger charge is -2.51. The molecule has 80 heavy (non-hydrogen) atoms. The Bertz CT molecular complexity index is 1990. The summed E-state index contributed by atoms with van der Waals surface area (Å²) in [5.74, 6) is -7.10. The van der Waals surface area contributed by atoms with E-state index in [0.29, 0.717) is 0 Å². The van der Waals surface area contributed by atoms with Gasteiger partial charge in [-0.25, -0.2) is 4.79 Å². The number of aliphatic hydroxyl groups is 18. The molecule has 2 amide bonds. The molecule has 0 aromatic heterocycles. The average molecular weight is 1180 g/mol. The maximum Gasteiger partial charge on any atom is 0.364 e. The first-order valence-corrected chi connectivity index (χ1v) is 25.1. The Kier molecular flexibility index (Phi) is 23.6. The highest BCUT2D eigenvalue weighted by molar-refractivity contribution is 5.76. The molecule has 31 atom stereocenters. The van der Waals surface area contributed by atoms with Gasteiger partial charge in [0.15, 0.2) is 31.5 Å². The maximum atomic E-state index is 13.1. The van der Waals surface area contributed by atoms with E-state index in [1.807, 2.05) is 0 Å². The zero-order chi connectivity index (χ0) is 59.4. The number of carbonyl (C=O) groups is 3. The third-order valence-corrected chi connectivity index (χ3v) is 14.4. The number of carboxylic acid groups (broad SMARTS) is 1. The fraction of sp³-hybridized carbons (Fsp3) is 0.932. The van der Waals surface area contributed by atoms with Crippen molar-refractivity contribution in [3.63, 3.8) is 0 Å². The van der Waals surface area contributed by atoms with E-state index in [9.17, 15) is 111 Å². The number of nitrogens with one attached hydrogen (secondary N) is 2. The predicted octanol–water partition coefficient (Wildman–Crippen LogP) is -14.0. The van der Waals surface area contributed by atoms with Crippen LogP contribution in [-0.4, -0.2) is 351 Å². The first kappa shape index (κ1) is 66.4. The summed E-state index contributed by atoms with van der Waals surface area (Å²) in [4.78, 5) is 38.0. The predicted molar refractivity (Wildman–Crippen MR) is 244 cm³/mol. The van der Waals surface area contributed by atoms with Crippen molar-refractivity contribution in [3.8, 4) is 0 Å². The molecular weight excluding hydrogens is 1100 g/mol. The molecule has 6 aliphatic rings. The summed E-state index contributed by atoms with van der Waals surface area (Å²) in [7, 11) is 1.14. The van der Waals surface area contributed by atoms with Gasteiger partial charge in [-0.05, 0) is 0 Å². The molecule has 0 aromatic rings. The standard InChI is InChI=1S/C44H74N2O34/c1-11(53)45-20-13(55)4-44(43(67)68,79-35(20)22(57)14(56)5-47)80-37-25(60)17(8-50)72-42(31(37)66)77-34-21(46-12(2)54)38(70-15(6-48)23(34)58)78-36-24(59)16(7-49)71-41(30(36)65)76-33-19(10-52)74-40(29(64)27(33)62)75-32-18(9-51)73-39(69-3)28(63)26(32)61/h13-42,47-52,55-66H,4-10H2,1-3H3,(H,45,53)(H,46,54)(H,67,68)/t13-,14-,15?,16?,17?,18?,19?,20?,21?,22-,23?,24?,25?,26?,27?,28?,29?,30?,31?,32?,33?,34?,35?,36?,37?,38?,39?,40?,41?,42?,44+/m1/s1. The van der Waals surface area contributed by atoms with Crippen LogP contribution < -0.4 is 10.6 Å². The van der Waals surface area contributed by atoms with Crippen molar-refractivity contribution < 1.29 is 168 Å². The number of ether oxygens (including phenoxy) is 12. The molecule has 27 unspecified atom stereocenters. The molecule has 0 radical (unpaired) electrons. The van der Waals surface area contributed by atoms with E-state index in [-0.39, 0.29) is 0 Å². The van der Waals surface area contributed by atoms with E-state index in [1.165, 1.54) is 0 Å². The van der Waals surface area contributed by atoms with Crippen LogP contribution in [-0.2, 0) is 71.2 Å². The number of carboxylic acids is 1. The van der Waals surface area contributed by atoms with Crippen LogP contribution in [0.4, 0.5) is 0 Å². The van der Waals surface area contributed by atoms with Gasteiger partial charge < -0.3 is 164 Å². The molecule has 6 aliphatic heterocycles. The van der Waals surface area contributed by atoms with Gasteiger partial charge in [-0.2, -0.15) is 0 Å². The molecular formula is C44H74N2O34. The van der Waals surface area contributed by atoms with E-state index < -0.39 is 254 Å². The van der Waals surface area contributed by atoms with E-state index in [0.717, 1.165) is 21.0 Å². The van der Waals surface area contributed by atoms with Gasteiger partial charge in [0, 0.05) is 27.4 Å². The smallest absolute Gasteiger partial charge is 0.364 e. The van der Waals surface area contributed by atoms with Crippen LogP contribution in [0.1, 0.15) is 20.3 Å². The van der Waals surface area contributed by atoms with E-state index in [2.05, 4.69) is 10.6 Å². The zero-order valence-electron chi connectivity index (χ0n) is 42.9. The number of rotatable bonds is 22. The highest BCUT2D eigenvalue weighted by Crippen LogP contribution is 2.40. The van der Waals surface area contributed by atoms with Crippen molar-refractivity contribution in [3.05, 3.63) is 0 Å². The summed E-state index contributed by atoms with van der Waals surface area (Å²) < 4.78 is 67.8. The second-order valence-electron chi connectivity index (χ2n) is 19.9. The lowest BCUT2D eigenvalue weighted by Crippen LogP contribution is -2.71. The number of amides is 2. The molecule has 6 heterocycles. The second-order valence-corrected chi connectivity index (χ2v) is 19.9. The van der Waals surface area contributed by atoms with Crippen LogP contribution in [0, 0.1) is 0 Å². The number of hydrogen-bond acceptors (Lipinski definition) is 33. The van der Waals surface area contributed by atoms with Crippen LogP contribution in [0.25, 0.3) is 0 Å². The number of aliphatic carboxylic acids is 1. The number of methoxy groups -OCH3 is 1. The van der Waals surface area contributed by atoms with E-state index in [1.54, 1.807) is 0 Å². The second kappa shape index (κ2) is 28.4. The topological polar surface area (TPSA) is 570 Å². The molecule has 464 valence electrons. The van der Waals surface area contributed by atoms with E-state index in [4.69, 9.17) is 56.8 Å². The molecule has 6 rings (SSSR count). The first-order valence-electron chi connectivity index (χ1n) is 25.1. The monoisotopic (exact) mass is 1170 g/mol. The number of aliphatic hydroxyl groups excluding tert-OH is 18. The molecule has 0 saturated carbocycles. The van der Waals surface area contributed by atoms with Crippen molar-refractivity contribution in [2.24, 2.45) is 0 Å². The Hall–Kier alpha value is -2.79. The minimum absolute atomic E-state index is 0.815. The molecule has 36 nitrogen and oxygen atoms in total. The van der Waals surface area contributed by atoms with Gasteiger partial charge in [-0.3, -0.25) is 9.59 Å². The highest BCUT2D eigenvalue weighted by atomic mass is 16.8. The average Bonchev–Trinajstić information content (AvgIpc) is 3.61. The van der Waals surface area contributed by atoms with Gasteiger partial charge >= 0.3 is 5.97 Å². The fourth-order valence-electron chi connectivity index (χ4n) is 10.2. The van der Waals surface area contributed by atoms with Crippen molar-refractivity contribution in [2.75, 3.05) is 46.8 Å². The lowest BCUT2D eigenvalue weighted by atomic mass is 9.88. The summed E-state index contributed by atoms with van der Waals surface area (Å²) >= 11 is 0. The minimum Gasteiger partial charge on any atom is -0.477 e. The molecule has 6 saturated heterocycles. The third-order valence-electron chi connectivity index (χ3n) is 14.4. The van der Waals surface area contributed by atoms with Gasteiger partial charge in [-0.15, -0.1) is 0 Å². The SMILES string of the molecule is COC1OC(CO)C(OC2OC(CO)C(OC3OC(CO)C(O)C(OC4OC(CO)C(O)C(OC5OC(CO)C(O)C(O[C@]6(C(=O)O)C[C@@H](O)C(NC(C)=O)C([C@H](O)[C@H](O)CO)O6)C5O)C4NC(C)=O)C3O)C(O)C2O)C(O)C1O. The lowest BCUT2D eigenvalue weighted by molar-refractivity contribution is -0.392. The van der Waals surface area contributed by atoms with Gasteiger partial charge in [0.25, 0.3) is 5.79 Å². The Morgan fingerprint density at radius 3 is 1.35 bits per heavy atom. The minimum atomic E-state index is -3.22. The largest absolute Gasteiger partial charge is 0.477 e. The highest BCUT2D eigenvalue weighted by Gasteiger charge is 2.61. The van der Waals surface area contributed by atoms with Crippen molar-refractivity contribution >= 4 is 17.8 Å². The Balaban J connectivity index is 1.25. The van der Waals surface area contributed by atoms with Crippen molar-refractivity contribution in [1.29, 1.82) is 0 Å². The zero-order valence-corrected chi connectivity index (χ0v) is 42.9. The summed E-state index contributed by atoms with van der Waals surface area (Å²) in [5.41, 5.74) is 0. The van der Waals surface area contributed by atoms with Gasteiger partial charge in [0.2, 0.25) is 11.8 Å². The van der Waals surface area contributed by atoms with Crippen LogP contribution >= 0.6 is 0 Å². The van der Waals surface area contributed by atoms with E-state index >= 15 is 0 Å². The van der Waals surface area contributed by atoms with Crippen LogP contribution in [0.5, 0.6) is 0 Å². The van der Waals surface area contributed by atoms with Crippen molar-refractivity contribution in [1.82, 2.24) is 10.6 Å². The van der Waals surface area contributed by atoms with Crippen LogP contribution in [0.2, 0.25) is 0 Å². The molecule has 0 spiro atoms. The van der Waals surface area contributed by atoms with Gasteiger partial charge in [-0.1, -0.05) is 0 Å². The molecule has 0 aromatic carbocycles. The van der Waals surface area contributed by atoms with Gasteiger partial charge in [0.05, 0.1) is 51.8 Å². The van der Waals surface area contributed by atoms with Crippen LogP contribution in [0.3, 0.4) is 0 Å². The normalized spacial score (nSPS) is 47.2. The fourth-order valence-corrected chi connectivity index (χ4v) is 10.2. The van der Waals surface area contributed by atoms with Crippen molar-refractivity contribution in [2.45, 2.75) is 210 Å². The molecule has 36 heteroatoms. The molecule has 6 fully saturated rings. The number of carbonyl (C=O) groups excluding carboxylic acids is 2. The first-order chi connectivity index (χ1) is 37.8. The quantitative estimate of drug-likeness (QED) is 0.0479. The Labute approximate surface area is 452 Å². The molecule has 0 bridgehead atoms. The van der Waals surface area contributed by atoms with Gasteiger partial charge in [0.1, 0.15) is 140 Å². The maximum absolute atomic E-state index is 13.1. The Morgan fingerprint density at radius 2 is 0.887 bits per heavy atom. The Morgan fingerprint density at radius 1 is 0.500 bits per heavy atom. The molecule has 21 N–H and O–H groups in total. The summed E-state index contributed by atoms with van der Waals surface area (Å²) in [6.07, 6.45) is -57.2. The summed E-state index contributed by atoms with van der Waals surface area (Å²) in [5, 5.41) is 210. The number of hydrogen-bond donors (Lipinski definition) is 21. The summed E-state index contributed by atoms with van der Waals surface area (Å²) in [6, 6.07) is -3.59. The summed E-state index contributed by atoms with van der Waals surface area (Å²) in [6.45, 7) is -4.39.